The van der Waals surface area contributed by atoms with Crippen molar-refractivity contribution >= 4 is 5.69 Å². The first-order valence-electron chi connectivity index (χ1n) is 11.1. The Morgan fingerprint density at radius 3 is 2.78 bits per heavy atom. The van der Waals surface area contributed by atoms with E-state index < -0.39 is 0 Å². The normalized spacial score (nSPS) is 28.9. The minimum atomic E-state index is 0.255. The van der Waals surface area contributed by atoms with Gasteiger partial charge in [-0.2, -0.15) is 0 Å². The average Bonchev–Trinajstić information content (AvgIpc) is 3.23. The maximum atomic E-state index is 6.35. The van der Waals surface area contributed by atoms with Crippen molar-refractivity contribution in [3.05, 3.63) is 47.3 Å². The second kappa shape index (κ2) is 6.92. The van der Waals surface area contributed by atoms with Gasteiger partial charge in [0.2, 0.25) is 0 Å². The summed E-state index contributed by atoms with van der Waals surface area (Å²) in [6.07, 6.45) is 15.2. The third-order valence-electron chi connectivity index (χ3n) is 6.84. The van der Waals surface area contributed by atoms with Gasteiger partial charge >= 0.3 is 0 Å². The molecule has 1 unspecified atom stereocenters. The Hall–Kier alpha value is -1.90. The van der Waals surface area contributed by atoms with Gasteiger partial charge in [0.05, 0.1) is 0 Å². The Kier molecular flexibility index (Phi) is 4.41. The van der Waals surface area contributed by atoms with E-state index in [-0.39, 0.29) is 6.10 Å². The van der Waals surface area contributed by atoms with Gasteiger partial charge in [-0.05, 0) is 63.5 Å². The first-order chi connectivity index (χ1) is 13.3. The van der Waals surface area contributed by atoms with Crippen molar-refractivity contribution < 1.29 is 4.74 Å². The Balaban J connectivity index is 1.52. The van der Waals surface area contributed by atoms with Crippen molar-refractivity contribution in [1.29, 1.82) is 0 Å². The van der Waals surface area contributed by atoms with Crippen molar-refractivity contribution in [3.8, 4) is 5.75 Å². The summed E-state index contributed by atoms with van der Waals surface area (Å²) < 4.78 is 6.35. The second-order valence-electron chi connectivity index (χ2n) is 8.47. The van der Waals surface area contributed by atoms with Gasteiger partial charge in [0.1, 0.15) is 18.0 Å². The van der Waals surface area contributed by atoms with Crippen LogP contribution < -0.4 is 9.64 Å². The number of nitrogens with zero attached hydrogens (tertiary/aromatic N) is 2. The molecule has 1 aromatic carbocycles. The Bertz CT molecular complexity index is 781. The van der Waals surface area contributed by atoms with Gasteiger partial charge in [-0.1, -0.05) is 26.0 Å². The van der Waals surface area contributed by atoms with E-state index >= 15 is 0 Å². The van der Waals surface area contributed by atoms with Crippen LogP contribution in [0.15, 0.2) is 41.7 Å². The van der Waals surface area contributed by atoms with Gasteiger partial charge in [-0.15, -0.1) is 0 Å². The summed E-state index contributed by atoms with van der Waals surface area (Å²) in [6, 6.07) is 7.05. The summed E-state index contributed by atoms with van der Waals surface area (Å²) >= 11 is 0. The third-order valence-corrected chi connectivity index (χ3v) is 6.84. The molecule has 3 heteroatoms. The van der Waals surface area contributed by atoms with Crippen LogP contribution >= 0.6 is 0 Å². The molecule has 0 amide bonds. The SMILES string of the molecule is CCCN1C2=C(CCCC2)N(c2ccc3c(c2)O[C@H]2C=CCCC32)[C@H]1CC. The van der Waals surface area contributed by atoms with Crippen molar-refractivity contribution in [2.45, 2.75) is 83.4 Å². The van der Waals surface area contributed by atoms with Crippen LogP contribution in [0.1, 0.15) is 76.7 Å². The number of anilines is 1. The number of ether oxygens (including phenoxy) is 1. The number of hydrogen-bond donors (Lipinski definition) is 0. The van der Waals surface area contributed by atoms with Gasteiger partial charge < -0.3 is 14.5 Å². The minimum Gasteiger partial charge on any atom is -0.485 e. The van der Waals surface area contributed by atoms with E-state index in [0.717, 1.165) is 12.2 Å². The van der Waals surface area contributed by atoms with Crippen molar-refractivity contribution in [3.63, 3.8) is 0 Å². The standard InChI is InChI=1S/C24H32N2O/c1-3-15-25-20-10-6-7-11-21(20)26(24(25)4-2)17-13-14-19-18-9-5-8-12-22(18)27-23(19)16-17/h8,12-14,16,18,22,24H,3-7,9-11,15H2,1-2H3/t18?,22-,24-/m0/s1. The molecule has 0 bridgehead atoms. The second-order valence-corrected chi connectivity index (χ2v) is 8.47. The first kappa shape index (κ1) is 17.2. The van der Waals surface area contributed by atoms with Crippen LogP contribution in [-0.4, -0.2) is 23.7 Å². The molecular weight excluding hydrogens is 332 g/mol. The number of allylic oxidation sites excluding steroid dienone is 3. The van der Waals surface area contributed by atoms with Crippen LogP contribution in [-0.2, 0) is 0 Å². The topological polar surface area (TPSA) is 15.7 Å². The monoisotopic (exact) mass is 364 g/mol. The summed E-state index contributed by atoms with van der Waals surface area (Å²) in [5.41, 5.74) is 5.95. The summed E-state index contributed by atoms with van der Waals surface area (Å²) in [4.78, 5) is 5.34. The highest BCUT2D eigenvalue weighted by molar-refractivity contribution is 5.62. The zero-order valence-electron chi connectivity index (χ0n) is 16.8. The Morgan fingerprint density at radius 1 is 1.11 bits per heavy atom. The van der Waals surface area contributed by atoms with Crippen LogP contribution in [0, 0.1) is 0 Å². The van der Waals surface area contributed by atoms with Crippen molar-refractivity contribution in [2.24, 2.45) is 0 Å². The van der Waals surface area contributed by atoms with Crippen molar-refractivity contribution in [1.82, 2.24) is 4.90 Å². The van der Waals surface area contributed by atoms with E-state index in [1.54, 1.807) is 11.4 Å². The number of hydrogen-bond acceptors (Lipinski definition) is 3. The molecule has 3 nitrogen and oxygen atoms in total. The lowest BCUT2D eigenvalue weighted by atomic mass is 9.87. The molecule has 144 valence electrons. The number of rotatable bonds is 4. The lowest BCUT2D eigenvalue weighted by Gasteiger charge is -2.34. The average molecular weight is 365 g/mol. The molecule has 0 aromatic heterocycles. The molecule has 2 aliphatic carbocycles. The zero-order chi connectivity index (χ0) is 18.4. The minimum absolute atomic E-state index is 0.255. The van der Waals surface area contributed by atoms with Crippen LogP contribution in [0.5, 0.6) is 5.75 Å². The fourth-order valence-electron chi connectivity index (χ4n) is 5.68. The molecule has 0 N–H and O–H groups in total. The largest absolute Gasteiger partial charge is 0.485 e. The third kappa shape index (κ3) is 2.69. The fourth-order valence-corrected chi connectivity index (χ4v) is 5.68. The van der Waals surface area contributed by atoms with E-state index in [9.17, 15) is 0 Å². The fraction of sp³-hybridized carbons (Fsp3) is 0.583. The molecule has 0 saturated carbocycles. The highest BCUT2D eigenvalue weighted by Crippen LogP contribution is 2.48. The van der Waals surface area contributed by atoms with E-state index in [2.05, 4.69) is 54.0 Å². The van der Waals surface area contributed by atoms with Crippen LogP contribution in [0.25, 0.3) is 0 Å². The molecule has 0 radical (unpaired) electrons. The van der Waals surface area contributed by atoms with Crippen LogP contribution in [0.2, 0.25) is 0 Å². The molecule has 3 atom stereocenters. The van der Waals surface area contributed by atoms with Crippen LogP contribution in [0.3, 0.4) is 0 Å². The molecule has 0 fully saturated rings. The van der Waals surface area contributed by atoms with Gasteiger partial charge in [0.25, 0.3) is 0 Å². The highest BCUT2D eigenvalue weighted by Gasteiger charge is 2.39. The maximum absolute atomic E-state index is 6.35. The maximum Gasteiger partial charge on any atom is 0.125 e. The summed E-state index contributed by atoms with van der Waals surface area (Å²) in [6.45, 7) is 5.81. The predicted octanol–water partition coefficient (Wildman–Crippen LogP) is 5.93. The van der Waals surface area contributed by atoms with E-state index in [0.29, 0.717) is 12.1 Å². The van der Waals surface area contributed by atoms with Crippen LogP contribution in [0.4, 0.5) is 5.69 Å². The van der Waals surface area contributed by atoms with Gasteiger partial charge in [0, 0.05) is 41.2 Å². The van der Waals surface area contributed by atoms with Gasteiger partial charge in [-0.3, -0.25) is 0 Å². The van der Waals surface area contributed by atoms with E-state index in [1.807, 2.05) is 0 Å². The zero-order valence-corrected chi connectivity index (χ0v) is 16.8. The molecule has 2 aliphatic heterocycles. The smallest absolute Gasteiger partial charge is 0.125 e. The molecule has 5 rings (SSSR count). The molecule has 27 heavy (non-hydrogen) atoms. The highest BCUT2D eigenvalue weighted by atomic mass is 16.5. The Labute approximate surface area is 163 Å². The molecule has 1 aromatic rings. The lowest BCUT2D eigenvalue weighted by Crippen LogP contribution is -2.40. The van der Waals surface area contributed by atoms with Crippen molar-refractivity contribution in [2.75, 3.05) is 11.4 Å². The van der Waals surface area contributed by atoms with E-state index in [4.69, 9.17) is 4.74 Å². The predicted molar refractivity (Wildman–Crippen MR) is 111 cm³/mol. The lowest BCUT2D eigenvalue weighted by molar-refractivity contribution is 0.244. The van der Waals surface area contributed by atoms with Gasteiger partial charge in [0.15, 0.2) is 0 Å². The number of fused-ring (bicyclic) bond motifs is 3. The van der Waals surface area contributed by atoms with Gasteiger partial charge in [-0.25, -0.2) is 0 Å². The molecular formula is C24H32N2O. The van der Waals surface area contributed by atoms with E-state index in [1.165, 1.54) is 62.7 Å². The molecule has 0 spiro atoms. The molecule has 0 saturated heterocycles. The summed E-state index contributed by atoms with van der Waals surface area (Å²) in [7, 11) is 0. The number of benzene rings is 1. The summed E-state index contributed by atoms with van der Waals surface area (Å²) in [5.74, 6) is 1.68. The quantitative estimate of drug-likeness (QED) is 0.615. The molecule has 2 heterocycles. The first-order valence-corrected chi connectivity index (χ1v) is 11.1. The summed E-state index contributed by atoms with van der Waals surface area (Å²) in [5, 5.41) is 0. The Morgan fingerprint density at radius 2 is 1.96 bits per heavy atom. The molecule has 4 aliphatic rings.